The van der Waals surface area contributed by atoms with Gasteiger partial charge in [0.2, 0.25) is 0 Å². The van der Waals surface area contributed by atoms with E-state index < -0.39 is 23.8 Å². The zero-order chi connectivity index (χ0) is 16.1. The van der Waals surface area contributed by atoms with Crippen LogP contribution in [0, 0.1) is 11.7 Å². The molecular weight excluding hydrogens is 289 g/mol. The van der Waals surface area contributed by atoms with E-state index in [0.29, 0.717) is 25.8 Å². The van der Waals surface area contributed by atoms with Crippen molar-refractivity contribution in [3.63, 3.8) is 0 Å². The number of rotatable bonds is 5. The lowest BCUT2D eigenvalue weighted by Gasteiger charge is -2.33. The summed E-state index contributed by atoms with van der Waals surface area (Å²) in [4.78, 5) is 25.1. The van der Waals surface area contributed by atoms with Gasteiger partial charge in [-0.05, 0) is 31.4 Å². The maximum absolute atomic E-state index is 13.6. The van der Waals surface area contributed by atoms with Crippen LogP contribution in [0.15, 0.2) is 24.3 Å². The Morgan fingerprint density at radius 2 is 2.18 bits per heavy atom. The van der Waals surface area contributed by atoms with E-state index in [-0.39, 0.29) is 18.2 Å². The SMILES string of the molecule is CCC(Oc1ccccc1F)C(=O)N1CCCC(C(=O)O)C1. The summed E-state index contributed by atoms with van der Waals surface area (Å²) in [5.41, 5.74) is 0. The normalized spacial score (nSPS) is 19.5. The van der Waals surface area contributed by atoms with E-state index in [1.165, 1.54) is 17.0 Å². The number of ether oxygens (including phenoxy) is 1. The predicted molar refractivity (Wildman–Crippen MR) is 78.0 cm³/mol. The van der Waals surface area contributed by atoms with Gasteiger partial charge in [0, 0.05) is 13.1 Å². The number of carbonyl (C=O) groups excluding carboxylic acids is 1. The van der Waals surface area contributed by atoms with Crippen molar-refractivity contribution in [1.29, 1.82) is 0 Å². The van der Waals surface area contributed by atoms with Crippen molar-refractivity contribution in [2.45, 2.75) is 32.3 Å². The summed E-state index contributed by atoms with van der Waals surface area (Å²) in [6.45, 7) is 2.48. The average Bonchev–Trinajstić information content (AvgIpc) is 2.53. The van der Waals surface area contributed by atoms with Gasteiger partial charge in [0.25, 0.3) is 5.91 Å². The van der Waals surface area contributed by atoms with Gasteiger partial charge in [-0.2, -0.15) is 0 Å². The number of carboxylic acid groups (broad SMARTS) is 1. The molecule has 1 amide bonds. The maximum atomic E-state index is 13.6. The molecule has 2 rings (SSSR count). The molecular formula is C16H20FNO4. The summed E-state index contributed by atoms with van der Waals surface area (Å²) < 4.78 is 19.1. The summed E-state index contributed by atoms with van der Waals surface area (Å²) in [5, 5.41) is 9.09. The number of carbonyl (C=O) groups is 2. The summed E-state index contributed by atoms with van der Waals surface area (Å²) in [5.74, 6) is -2.19. The second-order valence-electron chi connectivity index (χ2n) is 5.41. The van der Waals surface area contributed by atoms with E-state index in [1.54, 1.807) is 19.1 Å². The lowest BCUT2D eigenvalue weighted by atomic mass is 9.97. The Bertz CT molecular complexity index is 549. The Kier molecular flexibility index (Phi) is 5.35. The summed E-state index contributed by atoms with van der Waals surface area (Å²) in [6, 6.07) is 5.93. The number of hydrogen-bond acceptors (Lipinski definition) is 3. The number of aliphatic carboxylic acids is 1. The molecule has 1 aromatic carbocycles. The van der Waals surface area contributed by atoms with Gasteiger partial charge in [-0.25, -0.2) is 4.39 Å². The highest BCUT2D eigenvalue weighted by atomic mass is 19.1. The molecule has 1 aromatic rings. The first-order chi connectivity index (χ1) is 10.5. The molecule has 0 spiro atoms. The molecule has 2 atom stereocenters. The second-order valence-corrected chi connectivity index (χ2v) is 5.41. The van der Waals surface area contributed by atoms with Gasteiger partial charge in [0.1, 0.15) is 0 Å². The Morgan fingerprint density at radius 3 is 2.82 bits per heavy atom. The van der Waals surface area contributed by atoms with E-state index in [9.17, 15) is 14.0 Å². The molecule has 6 heteroatoms. The van der Waals surface area contributed by atoms with Crippen molar-refractivity contribution < 1.29 is 23.8 Å². The fourth-order valence-electron chi connectivity index (χ4n) is 2.58. The van der Waals surface area contributed by atoms with Crippen LogP contribution in [0.25, 0.3) is 0 Å². The van der Waals surface area contributed by atoms with E-state index in [2.05, 4.69) is 0 Å². The fraction of sp³-hybridized carbons (Fsp3) is 0.500. The molecule has 1 fully saturated rings. The van der Waals surface area contributed by atoms with Crippen LogP contribution in [0.2, 0.25) is 0 Å². The van der Waals surface area contributed by atoms with Crippen LogP contribution in [-0.4, -0.2) is 41.1 Å². The van der Waals surface area contributed by atoms with E-state index in [0.717, 1.165) is 0 Å². The molecule has 5 nitrogen and oxygen atoms in total. The minimum absolute atomic E-state index is 0.0366. The number of likely N-dealkylation sites (tertiary alicyclic amines) is 1. The molecule has 120 valence electrons. The third-order valence-corrected chi connectivity index (χ3v) is 3.83. The van der Waals surface area contributed by atoms with Crippen molar-refractivity contribution in [3.05, 3.63) is 30.1 Å². The molecule has 1 heterocycles. The third kappa shape index (κ3) is 3.75. The monoisotopic (exact) mass is 309 g/mol. The molecule has 1 aliphatic heterocycles. The standard InChI is InChI=1S/C16H20FNO4/c1-2-13(22-14-8-4-3-7-12(14)17)15(19)18-9-5-6-11(10-18)16(20)21/h3-4,7-8,11,13H,2,5-6,9-10H2,1H3,(H,20,21). The number of amides is 1. The minimum atomic E-state index is -0.888. The topological polar surface area (TPSA) is 66.8 Å². The van der Waals surface area contributed by atoms with Crippen LogP contribution < -0.4 is 4.74 Å². The molecule has 0 aromatic heterocycles. The summed E-state index contributed by atoms with van der Waals surface area (Å²) >= 11 is 0. The van der Waals surface area contributed by atoms with Crippen LogP contribution in [-0.2, 0) is 9.59 Å². The molecule has 0 saturated carbocycles. The molecule has 1 saturated heterocycles. The van der Waals surface area contributed by atoms with Gasteiger partial charge in [-0.15, -0.1) is 0 Å². The number of piperidine rings is 1. The van der Waals surface area contributed by atoms with Crippen molar-refractivity contribution in [1.82, 2.24) is 4.90 Å². The van der Waals surface area contributed by atoms with Crippen LogP contribution in [0.4, 0.5) is 4.39 Å². The Labute approximate surface area is 128 Å². The summed E-state index contributed by atoms with van der Waals surface area (Å²) in [6.07, 6.45) is 0.814. The molecule has 0 bridgehead atoms. The van der Waals surface area contributed by atoms with E-state index in [1.807, 2.05) is 0 Å². The second kappa shape index (κ2) is 7.24. The van der Waals surface area contributed by atoms with Gasteiger partial charge >= 0.3 is 5.97 Å². The van der Waals surface area contributed by atoms with Crippen LogP contribution in [0.3, 0.4) is 0 Å². The molecule has 0 aliphatic carbocycles. The lowest BCUT2D eigenvalue weighted by molar-refractivity contribution is -0.148. The third-order valence-electron chi connectivity index (χ3n) is 3.83. The van der Waals surface area contributed by atoms with Crippen molar-refractivity contribution in [2.24, 2.45) is 5.92 Å². The van der Waals surface area contributed by atoms with Gasteiger partial charge in [0.05, 0.1) is 5.92 Å². The molecule has 22 heavy (non-hydrogen) atoms. The first-order valence-corrected chi connectivity index (χ1v) is 7.45. The smallest absolute Gasteiger partial charge is 0.308 e. The van der Waals surface area contributed by atoms with Crippen LogP contribution in [0.5, 0.6) is 5.75 Å². The number of carboxylic acids is 1. The van der Waals surface area contributed by atoms with Crippen molar-refractivity contribution >= 4 is 11.9 Å². The van der Waals surface area contributed by atoms with Gasteiger partial charge in [-0.3, -0.25) is 9.59 Å². The maximum Gasteiger partial charge on any atom is 0.308 e. The molecule has 0 radical (unpaired) electrons. The molecule has 1 aliphatic rings. The quantitative estimate of drug-likeness (QED) is 0.906. The van der Waals surface area contributed by atoms with E-state index in [4.69, 9.17) is 9.84 Å². The highest BCUT2D eigenvalue weighted by molar-refractivity contribution is 5.82. The fourth-order valence-corrected chi connectivity index (χ4v) is 2.58. The molecule has 1 N–H and O–H groups in total. The zero-order valence-electron chi connectivity index (χ0n) is 12.5. The van der Waals surface area contributed by atoms with E-state index >= 15 is 0 Å². The molecule has 2 unspecified atom stereocenters. The number of halogens is 1. The van der Waals surface area contributed by atoms with Crippen LogP contribution >= 0.6 is 0 Å². The summed E-state index contributed by atoms with van der Waals surface area (Å²) in [7, 11) is 0. The highest BCUT2D eigenvalue weighted by Gasteiger charge is 2.32. The van der Waals surface area contributed by atoms with Gasteiger partial charge < -0.3 is 14.7 Å². The highest BCUT2D eigenvalue weighted by Crippen LogP contribution is 2.22. The number of hydrogen-bond donors (Lipinski definition) is 1. The van der Waals surface area contributed by atoms with Gasteiger partial charge in [0.15, 0.2) is 17.7 Å². The van der Waals surface area contributed by atoms with Crippen molar-refractivity contribution in [2.75, 3.05) is 13.1 Å². The first-order valence-electron chi connectivity index (χ1n) is 7.45. The Morgan fingerprint density at radius 1 is 1.45 bits per heavy atom. The van der Waals surface area contributed by atoms with Gasteiger partial charge in [-0.1, -0.05) is 19.1 Å². The lowest BCUT2D eigenvalue weighted by Crippen LogP contribution is -2.48. The number of para-hydroxylation sites is 1. The number of nitrogens with zero attached hydrogens (tertiary/aromatic N) is 1. The van der Waals surface area contributed by atoms with Crippen LogP contribution in [0.1, 0.15) is 26.2 Å². The Balaban J connectivity index is 2.05. The minimum Gasteiger partial charge on any atom is -0.481 e. The van der Waals surface area contributed by atoms with Crippen molar-refractivity contribution in [3.8, 4) is 5.75 Å². The average molecular weight is 309 g/mol. The predicted octanol–water partition coefficient (Wildman–Crippen LogP) is 2.31. The largest absolute Gasteiger partial charge is 0.481 e. The first kappa shape index (κ1) is 16.3. The Hall–Kier alpha value is -2.11. The number of benzene rings is 1. The zero-order valence-corrected chi connectivity index (χ0v) is 12.5.